The van der Waals surface area contributed by atoms with Gasteiger partial charge in [-0.25, -0.2) is 14.4 Å². The van der Waals surface area contributed by atoms with E-state index in [1.54, 1.807) is 36.5 Å². The highest BCUT2D eigenvalue weighted by Crippen LogP contribution is 2.27. The van der Waals surface area contributed by atoms with Crippen molar-refractivity contribution in [3.63, 3.8) is 0 Å². The van der Waals surface area contributed by atoms with Crippen LogP contribution < -0.4 is 10.1 Å². The molecule has 170 valence electrons. The molecule has 0 spiro atoms. The van der Waals surface area contributed by atoms with Gasteiger partial charge in [0, 0.05) is 23.9 Å². The summed E-state index contributed by atoms with van der Waals surface area (Å²) >= 11 is 0. The Morgan fingerprint density at radius 3 is 2.73 bits per heavy atom. The molecule has 0 atom stereocenters. The smallest absolute Gasteiger partial charge is 0.251 e. The lowest BCUT2D eigenvalue weighted by Gasteiger charge is -2.11. The number of benzene rings is 2. The van der Waals surface area contributed by atoms with Gasteiger partial charge < -0.3 is 10.1 Å². The van der Waals surface area contributed by atoms with E-state index in [2.05, 4.69) is 32.0 Å². The molecular formula is C25H26FN5O2. The predicted molar refractivity (Wildman–Crippen MR) is 129 cm³/mol. The molecule has 3 aromatic rings. The Kier molecular flexibility index (Phi) is 8.35. The molecule has 0 aliphatic heterocycles. The van der Waals surface area contributed by atoms with Crippen molar-refractivity contribution in [2.24, 2.45) is 9.98 Å². The second-order valence-corrected chi connectivity index (χ2v) is 7.31. The molecule has 0 saturated heterocycles. The van der Waals surface area contributed by atoms with E-state index in [4.69, 9.17) is 4.74 Å². The monoisotopic (exact) mass is 447 g/mol. The van der Waals surface area contributed by atoms with Gasteiger partial charge >= 0.3 is 0 Å². The van der Waals surface area contributed by atoms with Gasteiger partial charge in [0.05, 0.1) is 17.5 Å². The fraction of sp³-hybridized carbons (Fsp3) is 0.240. The van der Waals surface area contributed by atoms with Crippen LogP contribution in [0, 0.1) is 5.82 Å². The lowest BCUT2D eigenvalue weighted by atomic mass is 10.1. The summed E-state index contributed by atoms with van der Waals surface area (Å²) in [6.07, 6.45) is 4.70. The van der Waals surface area contributed by atoms with Crippen molar-refractivity contribution in [1.29, 1.82) is 0 Å². The fourth-order valence-corrected chi connectivity index (χ4v) is 3.16. The van der Waals surface area contributed by atoms with Crippen molar-refractivity contribution < 1.29 is 13.9 Å². The molecule has 1 heterocycles. The Labute approximate surface area is 192 Å². The Morgan fingerprint density at radius 2 is 2.00 bits per heavy atom. The quantitative estimate of drug-likeness (QED) is 0.270. The van der Waals surface area contributed by atoms with Gasteiger partial charge in [0.1, 0.15) is 12.2 Å². The lowest BCUT2D eigenvalue weighted by molar-refractivity contribution is 0.0953. The molecule has 1 N–H and O–H groups in total. The maximum atomic E-state index is 13.3. The number of aromatic nitrogens is 2. The zero-order chi connectivity index (χ0) is 23.6. The average molecular weight is 448 g/mol. The molecule has 33 heavy (non-hydrogen) atoms. The second-order valence-electron chi connectivity index (χ2n) is 7.31. The van der Waals surface area contributed by atoms with E-state index in [-0.39, 0.29) is 11.7 Å². The Hall–Kier alpha value is -3.94. The highest BCUT2D eigenvalue weighted by molar-refractivity contribution is 5.98. The summed E-state index contributed by atoms with van der Waals surface area (Å²) in [4.78, 5) is 29.3. The molecule has 0 aliphatic rings. The van der Waals surface area contributed by atoms with Gasteiger partial charge in [-0.1, -0.05) is 5.57 Å². The highest BCUT2D eigenvalue weighted by Gasteiger charge is 2.13. The van der Waals surface area contributed by atoms with E-state index in [0.717, 1.165) is 18.4 Å². The van der Waals surface area contributed by atoms with Gasteiger partial charge in [-0.3, -0.25) is 9.79 Å². The zero-order valence-electron chi connectivity index (χ0n) is 18.7. The largest absolute Gasteiger partial charge is 0.477 e. The molecule has 2 aromatic carbocycles. The van der Waals surface area contributed by atoms with E-state index in [1.807, 2.05) is 13.8 Å². The summed E-state index contributed by atoms with van der Waals surface area (Å²) in [7, 11) is 0. The number of hydrogen-bond donors (Lipinski definition) is 1. The normalized spacial score (nSPS) is 11.7. The van der Waals surface area contributed by atoms with Crippen LogP contribution in [0.25, 0.3) is 22.3 Å². The van der Waals surface area contributed by atoms with Crippen molar-refractivity contribution in [3.8, 4) is 17.3 Å². The third-order valence-electron chi connectivity index (χ3n) is 4.78. The first-order valence-electron chi connectivity index (χ1n) is 10.6. The maximum absolute atomic E-state index is 13.3. The molecular weight excluding hydrogens is 421 g/mol. The number of allylic oxidation sites excluding steroid dienone is 1. The van der Waals surface area contributed by atoms with Gasteiger partial charge in [0.2, 0.25) is 5.88 Å². The number of fused-ring (bicyclic) bond motifs is 1. The first-order valence-corrected chi connectivity index (χ1v) is 10.6. The number of halogens is 1. The van der Waals surface area contributed by atoms with E-state index >= 15 is 0 Å². The van der Waals surface area contributed by atoms with Crippen LogP contribution in [0.3, 0.4) is 0 Å². The number of rotatable bonds is 10. The van der Waals surface area contributed by atoms with Crippen molar-refractivity contribution >= 4 is 29.9 Å². The van der Waals surface area contributed by atoms with Crippen molar-refractivity contribution in [2.45, 2.75) is 26.7 Å². The topological polar surface area (TPSA) is 88.8 Å². The van der Waals surface area contributed by atoms with Crippen molar-refractivity contribution in [1.82, 2.24) is 15.3 Å². The number of nitrogens with one attached hydrogen (secondary N) is 1. The molecule has 3 rings (SSSR count). The minimum atomic E-state index is -0.337. The number of carbonyl (C=O) groups excluding carboxylic acids is 1. The summed E-state index contributed by atoms with van der Waals surface area (Å²) in [5.74, 6) is 0.300. The van der Waals surface area contributed by atoms with Gasteiger partial charge in [-0.05, 0) is 75.9 Å². The predicted octanol–water partition coefficient (Wildman–Crippen LogP) is 4.98. The number of hydrogen-bond acceptors (Lipinski definition) is 5. The molecule has 7 nitrogen and oxygen atoms in total. The molecule has 0 fully saturated rings. The Bertz CT molecular complexity index is 1190. The third-order valence-corrected chi connectivity index (χ3v) is 4.78. The molecule has 0 saturated carbocycles. The molecule has 0 unspecified atom stereocenters. The molecule has 1 aromatic heterocycles. The van der Waals surface area contributed by atoms with E-state index < -0.39 is 0 Å². The van der Waals surface area contributed by atoms with Gasteiger partial charge in [0.25, 0.3) is 5.91 Å². The fourth-order valence-electron chi connectivity index (χ4n) is 3.16. The Morgan fingerprint density at radius 1 is 1.21 bits per heavy atom. The number of amides is 1. The lowest BCUT2D eigenvalue weighted by Crippen LogP contribution is -2.24. The number of aliphatic imine (C=N–C) groups is 2. The first kappa shape index (κ1) is 23.7. The van der Waals surface area contributed by atoms with Gasteiger partial charge in [0.15, 0.2) is 5.82 Å². The summed E-state index contributed by atoms with van der Waals surface area (Å²) in [5, 5.41) is 3.63. The minimum Gasteiger partial charge on any atom is -0.477 e. The maximum Gasteiger partial charge on any atom is 0.251 e. The summed E-state index contributed by atoms with van der Waals surface area (Å²) < 4.78 is 19.0. The Balaban J connectivity index is 1.76. The minimum absolute atomic E-state index is 0.188. The summed E-state index contributed by atoms with van der Waals surface area (Å²) in [5.41, 5.74) is 2.81. The van der Waals surface area contributed by atoms with E-state index in [0.29, 0.717) is 46.9 Å². The van der Waals surface area contributed by atoms with E-state index in [9.17, 15) is 9.18 Å². The van der Waals surface area contributed by atoms with Crippen LogP contribution in [0.4, 0.5) is 4.39 Å². The van der Waals surface area contributed by atoms with Gasteiger partial charge in [-0.2, -0.15) is 4.98 Å². The first-order chi connectivity index (χ1) is 16.0. The molecule has 8 heteroatoms. The van der Waals surface area contributed by atoms with E-state index in [1.165, 1.54) is 18.5 Å². The molecule has 0 radical (unpaired) electrons. The summed E-state index contributed by atoms with van der Waals surface area (Å²) in [6, 6.07) is 11.1. The van der Waals surface area contributed by atoms with Crippen LogP contribution in [-0.2, 0) is 0 Å². The zero-order valence-corrected chi connectivity index (χ0v) is 18.7. The van der Waals surface area contributed by atoms with Crippen LogP contribution in [0.5, 0.6) is 5.88 Å². The third kappa shape index (κ3) is 6.52. The average Bonchev–Trinajstić information content (AvgIpc) is 2.82. The van der Waals surface area contributed by atoms with Crippen LogP contribution in [0.15, 0.2) is 64.2 Å². The van der Waals surface area contributed by atoms with Crippen molar-refractivity contribution in [2.75, 3.05) is 13.2 Å². The van der Waals surface area contributed by atoms with Gasteiger partial charge in [-0.15, -0.1) is 0 Å². The number of carbonyl (C=O) groups is 1. The van der Waals surface area contributed by atoms with Crippen LogP contribution in [-0.4, -0.2) is 42.1 Å². The summed E-state index contributed by atoms with van der Waals surface area (Å²) in [6.45, 7) is 8.13. The van der Waals surface area contributed by atoms with Crippen LogP contribution in [0.2, 0.25) is 0 Å². The SMILES string of the molecule is C=NC=N/C=C(\C)CCCNC(=O)c1ccc2c(OCC)nc(-c3ccc(F)cc3)nc2c1. The molecule has 1 amide bonds. The second kappa shape index (κ2) is 11.6. The highest BCUT2D eigenvalue weighted by atomic mass is 19.1. The van der Waals surface area contributed by atoms with Crippen LogP contribution in [0.1, 0.15) is 37.0 Å². The number of nitrogens with zero attached hydrogens (tertiary/aromatic N) is 4. The van der Waals surface area contributed by atoms with Crippen molar-refractivity contribution in [3.05, 3.63) is 65.6 Å². The molecule has 0 aliphatic carbocycles. The van der Waals surface area contributed by atoms with Crippen LogP contribution >= 0.6 is 0 Å². The standard InChI is InChI=1S/C25H26FN5O2/c1-4-33-25-21-12-9-19(24(32)29-13-5-6-17(2)15-28-16-27-3)14-22(21)30-23(31-25)18-7-10-20(26)11-8-18/h7-12,14-16H,3-6,13H2,1-2H3,(H,29,32)/b17-15+,28-16?. The number of ether oxygens (including phenoxy) is 1. The molecule has 0 bridgehead atoms.